The summed E-state index contributed by atoms with van der Waals surface area (Å²) in [6.45, 7) is 0. The van der Waals surface area contributed by atoms with E-state index in [1.54, 1.807) is 0 Å². The molecule has 5 nitrogen and oxygen atoms in total. The molecule has 0 saturated heterocycles. The lowest BCUT2D eigenvalue weighted by molar-refractivity contribution is 0.953. The van der Waals surface area contributed by atoms with Crippen molar-refractivity contribution in [2.45, 2.75) is 0 Å². The molecular formula is C49H31N5. The normalized spacial score (nSPS) is 11.7. The van der Waals surface area contributed by atoms with Crippen molar-refractivity contribution in [3.63, 3.8) is 0 Å². The lowest BCUT2D eigenvalue weighted by Crippen LogP contribution is -2.06. The molecule has 5 heteroatoms. The van der Waals surface area contributed by atoms with Gasteiger partial charge in [0.2, 0.25) is 5.95 Å². The van der Waals surface area contributed by atoms with E-state index < -0.39 is 0 Å². The van der Waals surface area contributed by atoms with Crippen LogP contribution in [-0.2, 0) is 0 Å². The number of hydrogen-bond acceptors (Lipinski definition) is 3. The van der Waals surface area contributed by atoms with Crippen molar-refractivity contribution in [3.8, 4) is 45.5 Å². The maximum absolute atomic E-state index is 5.28. The molecule has 0 amide bonds. The maximum atomic E-state index is 5.28. The molecule has 252 valence electrons. The van der Waals surface area contributed by atoms with Crippen LogP contribution in [0.4, 0.5) is 0 Å². The van der Waals surface area contributed by atoms with E-state index in [0.29, 0.717) is 17.6 Å². The topological polar surface area (TPSA) is 48.5 Å². The third-order valence-electron chi connectivity index (χ3n) is 10.5. The Balaban J connectivity index is 1.24. The Kier molecular flexibility index (Phi) is 6.79. The fourth-order valence-electron chi connectivity index (χ4n) is 8.17. The number of benzene rings is 8. The molecule has 0 bridgehead atoms. The van der Waals surface area contributed by atoms with Gasteiger partial charge in [-0.1, -0.05) is 152 Å². The van der Waals surface area contributed by atoms with Crippen LogP contribution in [0.2, 0.25) is 0 Å². The van der Waals surface area contributed by atoms with E-state index in [0.717, 1.165) is 49.9 Å². The Labute approximate surface area is 311 Å². The van der Waals surface area contributed by atoms with Gasteiger partial charge in [0.05, 0.1) is 22.1 Å². The molecule has 0 N–H and O–H groups in total. The Hall–Kier alpha value is -7.37. The van der Waals surface area contributed by atoms with Crippen LogP contribution in [0.1, 0.15) is 0 Å². The summed E-state index contributed by atoms with van der Waals surface area (Å²) in [6, 6.07) is 66.1. The molecule has 0 fully saturated rings. The Morgan fingerprint density at radius 1 is 0.333 bits per heavy atom. The van der Waals surface area contributed by atoms with Gasteiger partial charge >= 0.3 is 0 Å². The summed E-state index contributed by atoms with van der Waals surface area (Å²) in [6.07, 6.45) is 0. The first-order valence-corrected chi connectivity index (χ1v) is 18.2. The lowest BCUT2D eigenvalue weighted by Gasteiger charge is -2.12. The minimum Gasteiger partial charge on any atom is -0.309 e. The number of para-hydroxylation sites is 2. The summed E-state index contributed by atoms with van der Waals surface area (Å²) in [5.74, 6) is 1.82. The molecule has 0 saturated carbocycles. The highest BCUT2D eigenvalue weighted by Gasteiger charge is 2.23. The fraction of sp³-hybridized carbons (Fsp3) is 0. The highest BCUT2D eigenvalue weighted by atomic mass is 15.2. The zero-order valence-electron chi connectivity index (χ0n) is 29.1. The van der Waals surface area contributed by atoms with Crippen LogP contribution in [-0.4, -0.2) is 24.1 Å². The van der Waals surface area contributed by atoms with E-state index in [1.165, 1.54) is 32.4 Å². The second-order valence-electron chi connectivity index (χ2n) is 13.7. The van der Waals surface area contributed by atoms with Gasteiger partial charge in [0.15, 0.2) is 11.6 Å². The Morgan fingerprint density at radius 3 is 1.69 bits per heavy atom. The monoisotopic (exact) mass is 689 g/mol. The summed E-state index contributed by atoms with van der Waals surface area (Å²) in [7, 11) is 0. The van der Waals surface area contributed by atoms with Gasteiger partial charge in [-0.05, 0) is 52.9 Å². The molecule has 54 heavy (non-hydrogen) atoms. The van der Waals surface area contributed by atoms with Crippen LogP contribution in [0.5, 0.6) is 0 Å². The van der Waals surface area contributed by atoms with Crippen LogP contribution in [0.3, 0.4) is 0 Å². The average molecular weight is 690 g/mol. The smallest absolute Gasteiger partial charge is 0.238 e. The first-order valence-electron chi connectivity index (χ1n) is 18.2. The predicted molar refractivity (Wildman–Crippen MR) is 222 cm³/mol. The minimum absolute atomic E-state index is 0.576. The predicted octanol–water partition coefficient (Wildman–Crippen LogP) is 12.2. The van der Waals surface area contributed by atoms with E-state index in [9.17, 15) is 0 Å². The van der Waals surface area contributed by atoms with Crippen molar-refractivity contribution in [2.24, 2.45) is 0 Å². The summed E-state index contributed by atoms with van der Waals surface area (Å²) >= 11 is 0. The highest BCUT2D eigenvalue weighted by molar-refractivity contribution is 6.31. The molecule has 0 aliphatic carbocycles. The van der Waals surface area contributed by atoms with Crippen molar-refractivity contribution in [1.29, 1.82) is 0 Å². The van der Waals surface area contributed by atoms with E-state index in [2.05, 4.69) is 173 Å². The van der Waals surface area contributed by atoms with Crippen LogP contribution < -0.4 is 0 Å². The number of rotatable bonds is 5. The van der Waals surface area contributed by atoms with Crippen LogP contribution in [0, 0.1) is 0 Å². The molecule has 11 aromatic rings. The van der Waals surface area contributed by atoms with Gasteiger partial charge in [0.25, 0.3) is 0 Å². The van der Waals surface area contributed by atoms with E-state index in [1.807, 2.05) is 24.3 Å². The zero-order chi connectivity index (χ0) is 35.6. The summed E-state index contributed by atoms with van der Waals surface area (Å²) in [5.41, 5.74) is 9.68. The first-order chi connectivity index (χ1) is 26.8. The van der Waals surface area contributed by atoms with Crippen molar-refractivity contribution in [2.75, 3.05) is 0 Å². The van der Waals surface area contributed by atoms with Gasteiger partial charge < -0.3 is 4.57 Å². The number of aromatic nitrogens is 5. The molecule has 0 radical (unpaired) electrons. The molecule has 0 aliphatic rings. The molecule has 3 heterocycles. The van der Waals surface area contributed by atoms with Crippen molar-refractivity contribution < 1.29 is 0 Å². The minimum atomic E-state index is 0.576. The molecule has 8 aromatic carbocycles. The van der Waals surface area contributed by atoms with Crippen molar-refractivity contribution >= 4 is 54.4 Å². The number of fused-ring (bicyclic) bond motifs is 9. The summed E-state index contributed by atoms with van der Waals surface area (Å²) in [5, 5.41) is 7.17. The third-order valence-corrected chi connectivity index (χ3v) is 10.5. The number of nitrogens with zero attached hydrogens (tertiary/aromatic N) is 5. The molecule has 0 unspecified atom stereocenters. The van der Waals surface area contributed by atoms with Gasteiger partial charge in [-0.2, -0.15) is 9.97 Å². The molecule has 0 aliphatic heterocycles. The van der Waals surface area contributed by atoms with Gasteiger partial charge in [0.1, 0.15) is 0 Å². The van der Waals surface area contributed by atoms with Gasteiger partial charge in [-0.25, -0.2) is 4.98 Å². The van der Waals surface area contributed by atoms with Gasteiger partial charge in [0, 0.05) is 43.7 Å². The first kappa shape index (κ1) is 30.3. The molecule has 11 rings (SSSR count). The summed E-state index contributed by atoms with van der Waals surface area (Å²) < 4.78 is 4.64. The molecule has 3 aromatic heterocycles. The number of hydrogen-bond donors (Lipinski definition) is 0. The highest BCUT2D eigenvalue weighted by Crippen LogP contribution is 2.44. The third kappa shape index (κ3) is 4.69. The van der Waals surface area contributed by atoms with Crippen LogP contribution >= 0.6 is 0 Å². The van der Waals surface area contributed by atoms with E-state index >= 15 is 0 Å². The van der Waals surface area contributed by atoms with Crippen molar-refractivity contribution in [3.05, 3.63) is 188 Å². The zero-order valence-corrected chi connectivity index (χ0v) is 29.1. The van der Waals surface area contributed by atoms with E-state index in [4.69, 9.17) is 15.0 Å². The Morgan fingerprint density at radius 2 is 0.907 bits per heavy atom. The van der Waals surface area contributed by atoms with Crippen LogP contribution in [0.15, 0.2) is 188 Å². The molecular weight excluding hydrogens is 659 g/mol. The maximum Gasteiger partial charge on any atom is 0.238 e. The quantitative estimate of drug-likeness (QED) is 0.181. The van der Waals surface area contributed by atoms with Crippen LogP contribution in [0.25, 0.3) is 99.9 Å². The largest absolute Gasteiger partial charge is 0.309 e. The molecule has 0 spiro atoms. The van der Waals surface area contributed by atoms with E-state index in [-0.39, 0.29) is 0 Å². The SMILES string of the molecule is c1ccc(-c2cccc(-c3nc(-c4ccccc4)nc(-n4c5ccccc5c5c6c7ccc8ccccc8c7n(-c7ccccc7)c6ccc54)n3)c2)cc1. The molecule has 0 atom stereocenters. The lowest BCUT2D eigenvalue weighted by atomic mass is 10.0. The summed E-state index contributed by atoms with van der Waals surface area (Å²) in [4.78, 5) is 15.6. The van der Waals surface area contributed by atoms with Crippen molar-refractivity contribution in [1.82, 2.24) is 24.1 Å². The second-order valence-corrected chi connectivity index (χ2v) is 13.7. The average Bonchev–Trinajstić information content (AvgIpc) is 3.78. The standard InChI is InChI=1S/C49H31N5/c1-4-15-32(16-5-1)35-20-14-21-36(31-35)48-50-47(34-18-6-2-7-19-34)51-49(52-48)54-41-26-13-12-25-39(41)44-43(54)30-29-42-45(44)40-28-27-33-17-10-11-24-38(33)46(40)53(42)37-22-8-3-9-23-37/h1-31H. The van der Waals surface area contributed by atoms with Gasteiger partial charge in [-0.15, -0.1) is 0 Å². The fourth-order valence-corrected chi connectivity index (χ4v) is 8.17. The second kappa shape index (κ2) is 12.1. The van der Waals surface area contributed by atoms with Gasteiger partial charge in [-0.3, -0.25) is 4.57 Å². The Bertz CT molecular complexity index is 3200.